The lowest BCUT2D eigenvalue weighted by Crippen LogP contribution is -2.20. The number of ether oxygens (including phenoxy) is 3. The quantitative estimate of drug-likeness (QED) is 0.369. The summed E-state index contributed by atoms with van der Waals surface area (Å²) in [6.45, 7) is 2.31. The summed E-state index contributed by atoms with van der Waals surface area (Å²) in [7, 11) is 0. The van der Waals surface area contributed by atoms with Crippen LogP contribution in [0, 0.1) is 0 Å². The molecule has 0 unspecified atom stereocenters. The summed E-state index contributed by atoms with van der Waals surface area (Å²) in [4.78, 5) is 12.1. The van der Waals surface area contributed by atoms with E-state index in [0.717, 1.165) is 5.75 Å². The fraction of sp³-hybridized carbons (Fsp3) is 0.136. The van der Waals surface area contributed by atoms with Crippen LogP contribution in [-0.2, 0) is 4.79 Å². The standard InChI is InChI=1S/C22H18Cl3NO4/c1-2-28-15-7-9-17(10-8-15)30-16-5-3-14(4-6-16)26-22(27)13-29-21-12-19(24)18(23)11-20(21)25/h3-12H,2,13H2,1H3,(H,26,27). The summed E-state index contributed by atoms with van der Waals surface area (Å²) >= 11 is 17.8. The number of halogens is 3. The van der Waals surface area contributed by atoms with E-state index >= 15 is 0 Å². The van der Waals surface area contributed by atoms with Gasteiger partial charge < -0.3 is 19.5 Å². The summed E-state index contributed by atoms with van der Waals surface area (Å²) in [6, 6.07) is 17.2. The first-order valence-electron chi connectivity index (χ1n) is 9.02. The fourth-order valence-corrected chi connectivity index (χ4v) is 3.06. The first-order valence-corrected chi connectivity index (χ1v) is 10.2. The molecule has 8 heteroatoms. The third kappa shape index (κ3) is 6.20. The molecule has 0 spiro atoms. The average molecular weight is 467 g/mol. The predicted molar refractivity (Wildman–Crippen MR) is 120 cm³/mol. The lowest BCUT2D eigenvalue weighted by atomic mass is 10.3. The number of rotatable bonds is 8. The lowest BCUT2D eigenvalue weighted by molar-refractivity contribution is -0.118. The highest BCUT2D eigenvalue weighted by Crippen LogP contribution is 2.33. The van der Waals surface area contributed by atoms with Crippen LogP contribution in [0.5, 0.6) is 23.0 Å². The van der Waals surface area contributed by atoms with Crippen molar-refractivity contribution in [1.29, 1.82) is 0 Å². The van der Waals surface area contributed by atoms with Crippen LogP contribution in [0.4, 0.5) is 5.69 Å². The molecular formula is C22H18Cl3NO4. The smallest absolute Gasteiger partial charge is 0.262 e. The maximum absolute atomic E-state index is 12.1. The molecule has 3 aromatic carbocycles. The van der Waals surface area contributed by atoms with Crippen LogP contribution in [0.1, 0.15) is 6.92 Å². The molecule has 156 valence electrons. The van der Waals surface area contributed by atoms with E-state index in [1.54, 1.807) is 24.3 Å². The van der Waals surface area contributed by atoms with E-state index in [4.69, 9.17) is 49.0 Å². The number of hydrogen-bond donors (Lipinski definition) is 1. The highest BCUT2D eigenvalue weighted by atomic mass is 35.5. The van der Waals surface area contributed by atoms with E-state index in [1.165, 1.54) is 12.1 Å². The normalized spacial score (nSPS) is 10.4. The molecule has 3 rings (SSSR count). The molecule has 0 aliphatic heterocycles. The van der Waals surface area contributed by atoms with Crippen molar-refractivity contribution in [3.05, 3.63) is 75.7 Å². The highest BCUT2D eigenvalue weighted by molar-refractivity contribution is 6.43. The maximum Gasteiger partial charge on any atom is 0.262 e. The molecule has 0 atom stereocenters. The molecule has 5 nitrogen and oxygen atoms in total. The minimum atomic E-state index is -0.350. The van der Waals surface area contributed by atoms with Gasteiger partial charge in [-0.05, 0) is 61.5 Å². The van der Waals surface area contributed by atoms with Gasteiger partial charge in [0.25, 0.3) is 5.91 Å². The molecule has 0 saturated carbocycles. The van der Waals surface area contributed by atoms with E-state index < -0.39 is 0 Å². The van der Waals surface area contributed by atoms with Gasteiger partial charge >= 0.3 is 0 Å². The van der Waals surface area contributed by atoms with Gasteiger partial charge in [0.2, 0.25) is 0 Å². The number of amides is 1. The molecule has 1 amide bonds. The van der Waals surface area contributed by atoms with Crippen molar-refractivity contribution < 1.29 is 19.0 Å². The summed E-state index contributed by atoms with van der Waals surface area (Å²) in [6.07, 6.45) is 0. The predicted octanol–water partition coefficient (Wildman–Crippen LogP) is 6.86. The zero-order valence-corrected chi connectivity index (χ0v) is 18.2. The number of hydrogen-bond acceptors (Lipinski definition) is 4. The lowest BCUT2D eigenvalue weighted by Gasteiger charge is -2.11. The summed E-state index contributed by atoms with van der Waals surface area (Å²) in [5.74, 6) is 2.03. The molecule has 30 heavy (non-hydrogen) atoms. The topological polar surface area (TPSA) is 56.8 Å². The van der Waals surface area contributed by atoms with Crippen molar-refractivity contribution in [3.63, 3.8) is 0 Å². The number of anilines is 1. The average Bonchev–Trinajstić information content (AvgIpc) is 2.73. The number of carbonyl (C=O) groups excluding carboxylic acids is 1. The molecule has 3 aromatic rings. The Bertz CT molecular complexity index is 1010. The van der Waals surface area contributed by atoms with Crippen molar-refractivity contribution in [2.45, 2.75) is 6.92 Å². The van der Waals surface area contributed by atoms with E-state index in [9.17, 15) is 4.79 Å². The molecule has 0 aliphatic carbocycles. The third-order valence-electron chi connectivity index (χ3n) is 3.84. The summed E-state index contributed by atoms with van der Waals surface area (Å²) in [5.41, 5.74) is 0.600. The Morgan fingerprint density at radius 1 is 0.800 bits per heavy atom. The number of carbonyl (C=O) groups is 1. The second-order valence-corrected chi connectivity index (χ2v) is 7.29. The van der Waals surface area contributed by atoms with Gasteiger partial charge in [-0.2, -0.15) is 0 Å². The molecule has 0 heterocycles. The molecule has 0 radical (unpaired) electrons. The van der Waals surface area contributed by atoms with E-state index in [-0.39, 0.29) is 23.3 Å². The third-order valence-corrected chi connectivity index (χ3v) is 4.86. The van der Waals surface area contributed by atoms with Crippen LogP contribution < -0.4 is 19.5 Å². The largest absolute Gasteiger partial charge is 0.494 e. The Labute approximate surface area is 189 Å². The van der Waals surface area contributed by atoms with Crippen molar-refractivity contribution >= 4 is 46.4 Å². The van der Waals surface area contributed by atoms with Gasteiger partial charge in [0, 0.05) is 11.8 Å². The van der Waals surface area contributed by atoms with E-state index in [2.05, 4.69) is 5.32 Å². The van der Waals surface area contributed by atoms with Crippen molar-refractivity contribution in [2.75, 3.05) is 18.5 Å². The van der Waals surface area contributed by atoms with Gasteiger partial charge in [-0.1, -0.05) is 34.8 Å². The van der Waals surface area contributed by atoms with Crippen LogP contribution in [0.2, 0.25) is 15.1 Å². The maximum atomic E-state index is 12.1. The molecule has 1 N–H and O–H groups in total. The first kappa shape index (κ1) is 22.1. The van der Waals surface area contributed by atoms with Crippen molar-refractivity contribution in [2.24, 2.45) is 0 Å². The van der Waals surface area contributed by atoms with Gasteiger partial charge in [-0.3, -0.25) is 4.79 Å². The van der Waals surface area contributed by atoms with Crippen molar-refractivity contribution in [1.82, 2.24) is 0 Å². The second-order valence-electron chi connectivity index (χ2n) is 6.06. The zero-order chi connectivity index (χ0) is 21.5. The summed E-state index contributed by atoms with van der Waals surface area (Å²) in [5, 5.41) is 3.61. The molecule has 0 aliphatic rings. The van der Waals surface area contributed by atoms with Gasteiger partial charge in [0.15, 0.2) is 6.61 Å². The second kappa shape index (κ2) is 10.4. The van der Waals surface area contributed by atoms with Crippen LogP contribution in [0.15, 0.2) is 60.7 Å². The van der Waals surface area contributed by atoms with E-state index in [0.29, 0.717) is 33.8 Å². The Morgan fingerprint density at radius 3 is 2.00 bits per heavy atom. The fourth-order valence-electron chi connectivity index (χ4n) is 2.47. The van der Waals surface area contributed by atoms with Crippen molar-refractivity contribution in [3.8, 4) is 23.0 Å². The molecule has 0 aromatic heterocycles. The first-order chi connectivity index (χ1) is 14.4. The zero-order valence-electron chi connectivity index (χ0n) is 16.0. The van der Waals surface area contributed by atoms with Crippen LogP contribution in [0.3, 0.4) is 0 Å². The summed E-state index contributed by atoms with van der Waals surface area (Å²) < 4.78 is 16.6. The number of nitrogens with one attached hydrogen (secondary N) is 1. The molecule has 0 bridgehead atoms. The van der Waals surface area contributed by atoms with E-state index in [1.807, 2.05) is 31.2 Å². The van der Waals surface area contributed by atoms with Crippen LogP contribution >= 0.6 is 34.8 Å². The monoisotopic (exact) mass is 465 g/mol. The Balaban J connectivity index is 1.52. The van der Waals surface area contributed by atoms with Crippen LogP contribution in [0.25, 0.3) is 0 Å². The molecule has 0 saturated heterocycles. The molecule has 0 fully saturated rings. The van der Waals surface area contributed by atoms with Gasteiger partial charge in [-0.25, -0.2) is 0 Å². The highest BCUT2D eigenvalue weighted by Gasteiger charge is 2.10. The Kier molecular flexibility index (Phi) is 7.69. The SMILES string of the molecule is CCOc1ccc(Oc2ccc(NC(=O)COc3cc(Cl)c(Cl)cc3Cl)cc2)cc1. The van der Waals surface area contributed by atoms with Crippen LogP contribution in [-0.4, -0.2) is 19.1 Å². The Hall–Kier alpha value is -2.60. The minimum Gasteiger partial charge on any atom is -0.494 e. The molecular weight excluding hydrogens is 449 g/mol. The van der Waals surface area contributed by atoms with Gasteiger partial charge in [0.05, 0.1) is 21.7 Å². The Morgan fingerprint density at radius 2 is 1.37 bits per heavy atom. The van der Waals surface area contributed by atoms with Gasteiger partial charge in [0.1, 0.15) is 23.0 Å². The minimum absolute atomic E-state index is 0.234. The van der Waals surface area contributed by atoms with Gasteiger partial charge in [-0.15, -0.1) is 0 Å². The number of benzene rings is 3.